The van der Waals surface area contributed by atoms with Gasteiger partial charge in [0.1, 0.15) is 5.01 Å². The minimum atomic E-state index is 0.527. The summed E-state index contributed by atoms with van der Waals surface area (Å²) in [6.07, 6.45) is 6.80. The number of hydrogen-bond donors (Lipinski definition) is 1. The summed E-state index contributed by atoms with van der Waals surface area (Å²) >= 11 is 1.65. The first-order chi connectivity index (χ1) is 7.24. The van der Waals surface area contributed by atoms with Gasteiger partial charge in [-0.2, -0.15) is 0 Å². The largest absolute Gasteiger partial charge is 0.360 e. The Labute approximate surface area is 95.3 Å². The summed E-state index contributed by atoms with van der Waals surface area (Å²) in [7, 11) is 0. The molecule has 1 aromatic rings. The van der Waals surface area contributed by atoms with Crippen LogP contribution < -0.4 is 5.32 Å². The quantitative estimate of drug-likeness (QED) is 0.855. The second-order valence-electron chi connectivity index (χ2n) is 4.54. The van der Waals surface area contributed by atoms with Gasteiger partial charge in [0.15, 0.2) is 0 Å². The van der Waals surface area contributed by atoms with Gasteiger partial charge in [-0.3, -0.25) is 0 Å². The highest BCUT2D eigenvalue weighted by Gasteiger charge is 2.31. The average molecular weight is 225 g/mol. The molecule has 0 radical (unpaired) electrons. The Morgan fingerprint density at radius 2 is 2.07 bits per heavy atom. The maximum Gasteiger partial charge on any atom is 0.205 e. The van der Waals surface area contributed by atoms with Crippen LogP contribution in [0.25, 0.3) is 0 Å². The van der Waals surface area contributed by atoms with Crippen LogP contribution in [0.2, 0.25) is 0 Å². The van der Waals surface area contributed by atoms with Gasteiger partial charge in [-0.25, -0.2) is 0 Å². The third-order valence-electron chi connectivity index (χ3n) is 3.55. The van der Waals surface area contributed by atoms with Gasteiger partial charge in [0.25, 0.3) is 0 Å². The number of anilines is 1. The van der Waals surface area contributed by atoms with Crippen LogP contribution >= 0.6 is 11.3 Å². The highest BCUT2D eigenvalue weighted by Crippen LogP contribution is 2.40. The molecule has 1 fully saturated rings. The Morgan fingerprint density at radius 3 is 2.60 bits per heavy atom. The molecule has 84 valence electrons. The van der Waals surface area contributed by atoms with Crippen LogP contribution in [0, 0.1) is 12.3 Å². The molecule has 0 bridgehead atoms. The van der Waals surface area contributed by atoms with Crippen LogP contribution in [-0.4, -0.2) is 16.7 Å². The summed E-state index contributed by atoms with van der Waals surface area (Å²) in [5, 5.41) is 13.6. The third kappa shape index (κ3) is 2.48. The van der Waals surface area contributed by atoms with Crippen molar-refractivity contribution in [1.29, 1.82) is 0 Å². The van der Waals surface area contributed by atoms with Gasteiger partial charge in [-0.15, -0.1) is 10.2 Å². The summed E-state index contributed by atoms with van der Waals surface area (Å²) in [4.78, 5) is 0. The zero-order chi connectivity index (χ0) is 10.7. The summed E-state index contributed by atoms with van der Waals surface area (Å²) in [6.45, 7) is 5.37. The number of rotatable bonds is 4. The van der Waals surface area contributed by atoms with Crippen LogP contribution in [0.4, 0.5) is 5.13 Å². The van der Waals surface area contributed by atoms with Crippen LogP contribution in [0.1, 0.15) is 44.0 Å². The fraction of sp³-hybridized carbons (Fsp3) is 0.818. The van der Waals surface area contributed by atoms with E-state index in [9.17, 15) is 0 Å². The van der Waals surface area contributed by atoms with E-state index in [1.165, 1.54) is 32.1 Å². The van der Waals surface area contributed by atoms with Crippen molar-refractivity contribution in [3.63, 3.8) is 0 Å². The van der Waals surface area contributed by atoms with Gasteiger partial charge in [0, 0.05) is 6.54 Å². The number of hydrogen-bond acceptors (Lipinski definition) is 4. The predicted octanol–water partition coefficient (Wildman–Crippen LogP) is 3.23. The molecule has 4 heteroatoms. The Balaban J connectivity index is 1.91. The van der Waals surface area contributed by atoms with E-state index in [4.69, 9.17) is 0 Å². The molecule has 0 aromatic carbocycles. The van der Waals surface area contributed by atoms with E-state index in [1.54, 1.807) is 11.3 Å². The number of nitrogens with zero attached hydrogens (tertiary/aromatic N) is 2. The van der Waals surface area contributed by atoms with E-state index < -0.39 is 0 Å². The van der Waals surface area contributed by atoms with E-state index in [0.717, 1.165) is 16.7 Å². The van der Waals surface area contributed by atoms with Crippen molar-refractivity contribution in [3.05, 3.63) is 5.01 Å². The molecule has 1 heterocycles. The molecule has 0 saturated heterocycles. The molecule has 1 aromatic heterocycles. The fourth-order valence-electron chi connectivity index (χ4n) is 2.41. The van der Waals surface area contributed by atoms with Crippen molar-refractivity contribution in [3.8, 4) is 0 Å². The zero-order valence-corrected chi connectivity index (χ0v) is 10.4. The van der Waals surface area contributed by atoms with Crippen LogP contribution in [-0.2, 0) is 0 Å². The molecule has 0 amide bonds. The first kappa shape index (κ1) is 10.9. The summed E-state index contributed by atoms with van der Waals surface area (Å²) in [6, 6.07) is 0. The van der Waals surface area contributed by atoms with Crippen LogP contribution in [0.3, 0.4) is 0 Å². The smallest absolute Gasteiger partial charge is 0.205 e. The molecule has 1 saturated carbocycles. The predicted molar refractivity (Wildman–Crippen MR) is 64.3 cm³/mol. The molecule has 1 aliphatic rings. The van der Waals surface area contributed by atoms with E-state index in [1.807, 2.05) is 6.92 Å². The zero-order valence-electron chi connectivity index (χ0n) is 9.55. The topological polar surface area (TPSA) is 37.8 Å². The van der Waals surface area contributed by atoms with Gasteiger partial charge >= 0.3 is 0 Å². The van der Waals surface area contributed by atoms with E-state index in [-0.39, 0.29) is 0 Å². The van der Waals surface area contributed by atoms with Crippen molar-refractivity contribution in [1.82, 2.24) is 10.2 Å². The minimum absolute atomic E-state index is 0.527. The molecule has 1 N–H and O–H groups in total. The lowest BCUT2D eigenvalue weighted by atomic mass is 9.83. The Morgan fingerprint density at radius 1 is 1.33 bits per heavy atom. The molecule has 0 unspecified atom stereocenters. The van der Waals surface area contributed by atoms with Crippen molar-refractivity contribution < 1.29 is 0 Å². The first-order valence-electron chi connectivity index (χ1n) is 5.78. The van der Waals surface area contributed by atoms with Crippen molar-refractivity contribution >= 4 is 16.5 Å². The monoisotopic (exact) mass is 225 g/mol. The van der Waals surface area contributed by atoms with Gasteiger partial charge in [0.2, 0.25) is 5.13 Å². The maximum absolute atomic E-state index is 4.10. The van der Waals surface area contributed by atoms with Crippen LogP contribution in [0.5, 0.6) is 0 Å². The third-order valence-corrected chi connectivity index (χ3v) is 4.35. The summed E-state index contributed by atoms with van der Waals surface area (Å²) in [5.41, 5.74) is 0.527. The summed E-state index contributed by atoms with van der Waals surface area (Å²) < 4.78 is 0. The molecule has 0 atom stereocenters. The van der Waals surface area contributed by atoms with Gasteiger partial charge < -0.3 is 5.32 Å². The molecular weight excluding hydrogens is 206 g/mol. The number of aryl methyl sites for hydroxylation is 1. The van der Waals surface area contributed by atoms with Crippen molar-refractivity contribution in [2.75, 3.05) is 11.9 Å². The second-order valence-corrected chi connectivity index (χ2v) is 5.72. The van der Waals surface area contributed by atoms with E-state index in [2.05, 4.69) is 22.4 Å². The lowest BCUT2D eigenvalue weighted by Crippen LogP contribution is -2.25. The highest BCUT2D eigenvalue weighted by atomic mass is 32.1. The molecular formula is C11H19N3S. The molecule has 0 spiro atoms. The fourth-order valence-corrected chi connectivity index (χ4v) is 3.00. The SMILES string of the molecule is CCC1(CNc2nnc(C)s2)CCCC1. The Bertz CT molecular complexity index is 315. The summed E-state index contributed by atoms with van der Waals surface area (Å²) in [5.74, 6) is 0. The Kier molecular flexibility index (Phi) is 3.24. The minimum Gasteiger partial charge on any atom is -0.360 e. The number of nitrogens with one attached hydrogen (secondary N) is 1. The van der Waals surface area contributed by atoms with Crippen molar-refractivity contribution in [2.45, 2.75) is 46.0 Å². The first-order valence-corrected chi connectivity index (χ1v) is 6.60. The standard InChI is InChI=1S/C11H19N3S/c1-3-11(6-4-5-7-11)8-12-10-14-13-9(2)15-10/h3-8H2,1-2H3,(H,12,14). The van der Waals surface area contributed by atoms with Crippen LogP contribution in [0.15, 0.2) is 0 Å². The number of aromatic nitrogens is 2. The molecule has 1 aliphatic carbocycles. The molecule has 15 heavy (non-hydrogen) atoms. The lowest BCUT2D eigenvalue weighted by molar-refractivity contribution is 0.306. The van der Waals surface area contributed by atoms with Gasteiger partial charge in [0.05, 0.1) is 0 Å². The normalized spacial score (nSPS) is 19.3. The highest BCUT2D eigenvalue weighted by molar-refractivity contribution is 7.15. The van der Waals surface area contributed by atoms with Gasteiger partial charge in [-0.05, 0) is 31.6 Å². The molecule has 3 nitrogen and oxygen atoms in total. The molecule has 2 rings (SSSR count). The van der Waals surface area contributed by atoms with Gasteiger partial charge in [-0.1, -0.05) is 31.1 Å². The van der Waals surface area contributed by atoms with Crippen molar-refractivity contribution in [2.24, 2.45) is 5.41 Å². The molecule has 0 aliphatic heterocycles. The average Bonchev–Trinajstić information content (AvgIpc) is 2.85. The maximum atomic E-state index is 4.10. The Hall–Kier alpha value is -0.640. The lowest BCUT2D eigenvalue weighted by Gasteiger charge is -2.27. The second kappa shape index (κ2) is 4.47. The van der Waals surface area contributed by atoms with E-state index >= 15 is 0 Å². The van der Waals surface area contributed by atoms with E-state index in [0.29, 0.717) is 5.41 Å².